The zero-order valence-corrected chi connectivity index (χ0v) is 11.1. The molecule has 0 amide bonds. The van der Waals surface area contributed by atoms with E-state index in [0.717, 1.165) is 11.4 Å². The van der Waals surface area contributed by atoms with Crippen LogP contribution in [0.15, 0.2) is 23.1 Å². The molecule has 1 aliphatic rings. The van der Waals surface area contributed by atoms with Crippen LogP contribution in [0.25, 0.3) is 0 Å². The van der Waals surface area contributed by atoms with Gasteiger partial charge in [0.05, 0.1) is 12.1 Å². The number of rotatable bonds is 3. The Morgan fingerprint density at radius 3 is 3.12 bits per heavy atom. The average Bonchev–Trinajstić information content (AvgIpc) is 2.27. The number of fused-ring (bicyclic) bond motifs is 1. The van der Waals surface area contributed by atoms with Crippen molar-refractivity contribution in [2.24, 2.45) is 0 Å². The Hall–Kier alpha value is -0.870. The van der Waals surface area contributed by atoms with Crippen molar-refractivity contribution in [1.29, 1.82) is 0 Å². The molecule has 2 rings (SSSR count). The smallest absolute Gasteiger partial charge is 0.305 e. The fourth-order valence-corrected chi connectivity index (χ4v) is 3.19. The summed E-state index contributed by atoms with van der Waals surface area (Å²) < 4.78 is 0. The van der Waals surface area contributed by atoms with E-state index in [1.54, 1.807) is 11.8 Å². The van der Waals surface area contributed by atoms with Gasteiger partial charge in [-0.1, -0.05) is 11.6 Å². The number of carboxylic acid groups (broad SMARTS) is 1. The maximum absolute atomic E-state index is 10.7. The minimum absolute atomic E-state index is 0.154. The van der Waals surface area contributed by atoms with Gasteiger partial charge in [-0.2, -0.15) is 0 Å². The molecule has 0 aromatic heterocycles. The molecule has 1 aromatic carbocycles. The molecular weight excluding hydrogens is 258 g/mol. The Bertz CT molecular complexity index is 439. The standard InChI is InChI=1S/C12H14ClNO2S/c1-8-7-17-11-3-2-9(13)6-10(11)14(8)5-4-12(15)16/h2-3,6,8H,4-5,7H2,1H3,(H,15,16). The first kappa shape index (κ1) is 12.6. The van der Waals surface area contributed by atoms with E-state index in [1.165, 1.54) is 4.90 Å². The third kappa shape index (κ3) is 2.87. The van der Waals surface area contributed by atoms with Crippen LogP contribution in [0, 0.1) is 0 Å². The summed E-state index contributed by atoms with van der Waals surface area (Å²) in [6.07, 6.45) is 0.154. The first-order chi connectivity index (χ1) is 8.08. The summed E-state index contributed by atoms with van der Waals surface area (Å²) in [5.41, 5.74) is 1.06. The first-order valence-electron chi connectivity index (χ1n) is 5.48. The second-order valence-corrected chi connectivity index (χ2v) is 5.61. The lowest BCUT2D eigenvalue weighted by atomic mass is 10.2. The number of carboxylic acids is 1. The van der Waals surface area contributed by atoms with Gasteiger partial charge in [0, 0.05) is 28.3 Å². The number of nitrogens with zero attached hydrogens (tertiary/aromatic N) is 1. The highest BCUT2D eigenvalue weighted by molar-refractivity contribution is 7.99. The van der Waals surface area contributed by atoms with Crippen LogP contribution >= 0.6 is 23.4 Å². The van der Waals surface area contributed by atoms with Gasteiger partial charge in [0.15, 0.2) is 0 Å². The molecule has 0 saturated heterocycles. The fourth-order valence-electron chi connectivity index (χ4n) is 1.93. The van der Waals surface area contributed by atoms with Crippen molar-refractivity contribution in [2.75, 3.05) is 17.2 Å². The molecule has 1 unspecified atom stereocenters. The summed E-state index contributed by atoms with van der Waals surface area (Å²) >= 11 is 7.80. The number of anilines is 1. The molecule has 1 aliphatic heterocycles. The first-order valence-corrected chi connectivity index (χ1v) is 6.85. The highest BCUT2D eigenvalue weighted by atomic mass is 35.5. The van der Waals surface area contributed by atoms with Crippen molar-refractivity contribution in [1.82, 2.24) is 0 Å². The number of hydrogen-bond acceptors (Lipinski definition) is 3. The SMILES string of the molecule is CC1CSc2ccc(Cl)cc2N1CCC(=O)O. The number of benzene rings is 1. The van der Waals surface area contributed by atoms with E-state index >= 15 is 0 Å². The van der Waals surface area contributed by atoms with E-state index < -0.39 is 5.97 Å². The van der Waals surface area contributed by atoms with E-state index in [2.05, 4.69) is 11.8 Å². The molecule has 1 aromatic rings. The molecular formula is C12H14ClNO2S. The summed E-state index contributed by atoms with van der Waals surface area (Å²) in [6, 6.07) is 6.13. The molecule has 0 fully saturated rings. The van der Waals surface area contributed by atoms with E-state index in [1.807, 2.05) is 18.2 Å². The monoisotopic (exact) mass is 271 g/mol. The maximum atomic E-state index is 10.7. The number of hydrogen-bond donors (Lipinski definition) is 1. The fraction of sp³-hybridized carbons (Fsp3) is 0.417. The lowest BCUT2D eigenvalue weighted by Gasteiger charge is -2.36. The van der Waals surface area contributed by atoms with Gasteiger partial charge in [-0.3, -0.25) is 4.79 Å². The van der Waals surface area contributed by atoms with Crippen molar-refractivity contribution in [3.8, 4) is 0 Å². The van der Waals surface area contributed by atoms with Gasteiger partial charge in [-0.15, -0.1) is 11.8 Å². The molecule has 0 spiro atoms. The minimum atomic E-state index is -0.765. The number of halogens is 1. The zero-order chi connectivity index (χ0) is 12.4. The molecule has 0 bridgehead atoms. The van der Waals surface area contributed by atoms with E-state index in [0.29, 0.717) is 17.6 Å². The Kier molecular flexibility index (Phi) is 3.84. The minimum Gasteiger partial charge on any atom is -0.481 e. The maximum Gasteiger partial charge on any atom is 0.305 e. The average molecular weight is 272 g/mol. The Morgan fingerprint density at radius 1 is 1.65 bits per heavy atom. The Labute approximate surface area is 110 Å². The summed E-state index contributed by atoms with van der Waals surface area (Å²) in [4.78, 5) is 14.0. The Morgan fingerprint density at radius 2 is 2.41 bits per heavy atom. The second-order valence-electron chi connectivity index (χ2n) is 4.11. The molecule has 5 heteroatoms. The van der Waals surface area contributed by atoms with Crippen LogP contribution in [0.2, 0.25) is 5.02 Å². The zero-order valence-electron chi connectivity index (χ0n) is 9.52. The van der Waals surface area contributed by atoms with Crippen LogP contribution in [0.4, 0.5) is 5.69 Å². The van der Waals surface area contributed by atoms with Crippen molar-refractivity contribution < 1.29 is 9.90 Å². The number of aliphatic carboxylic acids is 1. The summed E-state index contributed by atoms with van der Waals surface area (Å²) in [7, 11) is 0. The molecule has 0 aliphatic carbocycles. The van der Waals surface area contributed by atoms with Crippen LogP contribution in [0.1, 0.15) is 13.3 Å². The molecule has 0 radical (unpaired) electrons. The van der Waals surface area contributed by atoms with Gasteiger partial charge in [0.25, 0.3) is 0 Å². The molecule has 0 saturated carbocycles. The molecule has 17 heavy (non-hydrogen) atoms. The summed E-state index contributed by atoms with van der Waals surface area (Å²) in [6.45, 7) is 2.64. The van der Waals surface area contributed by atoms with Gasteiger partial charge in [-0.25, -0.2) is 0 Å². The van der Waals surface area contributed by atoms with Crippen LogP contribution < -0.4 is 4.90 Å². The highest BCUT2D eigenvalue weighted by Gasteiger charge is 2.24. The third-order valence-electron chi connectivity index (χ3n) is 2.81. The molecule has 1 atom stereocenters. The predicted molar refractivity (Wildman–Crippen MR) is 71.2 cm³/mol. The third-order valence-corrected chi connectivity index (χ3v) is 4.35. The van der Waals surface area contributed by atoms with Crippen molar-refractivity contribution in [3.05, 3.63) is 23.2 Å². The van der Waals surface area contributed by atoms with Gasteiger partial charge in [0.1, 0.15) is 0 Å². The van der Waals surface area contributed by atoms with Gasteiger partial charge in [-0.05, 0) is 25.1 Å². The van der Waals surface area contributed by atoms with Crippen molar-refractivity contribution >= 4 is 35.0 Å². The van der Waals surface area contributed by atoms with E-state index in [9.17, 15) is 4.79 Å². The normalized spacial score (nSPS) is 18.9. The van der Waals surface area contributed by atoms with Gasteiger partial charge < -0.3 is 10.0 Å². The van der Waals surface area contributed by atoms with E-state index in [4.69, 9.17) is 16.7 Å². The number of thioether (sulfide) groups is 1. The molecule has 3 nitrogen and oxygen atoms in total. The van der Waals surface area contributed by atoms with Crippen LogP contribution in [-0.4, -0.2) is 29.4 Å². The van der Waals surface area contributed by atoms with Crippen molar-refractivity contribution in [2.45, 2.75) is 24.3 Å². The van der Waals surface area contributed by atoms with E-state index in [-0.39, 0.29) is 6.42 Å². The summed E-state index contributed by atoms with van der Waals surface area (Å²) in [5, 5.41) is 9.47. The molecule has 1 heterocycles. The lowest BCUT2D eigenvalue weighted by molar-refractivity contribution is -0.136. The topological polar surface area (TPSA) is 40.5 Å². The van der Waals surface area contributed by atoms with Crippen LogP contribution in [0.3, 0.4) is 0 Å². The number of carbonyl (C=O) groups is 1. The highest BCUT2D eigenvalue weighted by Crippen LogP contribution is 2.38. The van der Waals surface area contributed by atoms with Crippen LogP contribution in [0.5, 0.6) is 0 Å². The van der Waals surface area contributed by atoms with Gasteiger partial charge in [0.2, 0.25) is 0 Å². The Balaban J connectivity index is 2.25. The van der Waals surface area contributed by atoms with Gasteiger partial charge >= 0.3 is 5.97 Å². The molecule has 1 N–H and O–H groups in total. The largest absolute Gasteiger partial charge is 0.481 e. The van der Waals surface area contributed by atoms with Crippen molar-refractivity contribution in [3.63, 3.8) is 0 Å². The summed E-state index contributed by atoms with van der Waals surface area (Å²) in [5.74, 6) is 0.216. The quantitative estimate of drug-likeness (QED) is 0.917. The van der Waals surface area contributed by atoms with Crippen LogP contribution in [-0.2, 0) is 4.79 Å². The predicted octanol–water partition coefficient (Wildman–Crippen LogP) is 3.12. The lowest BCUT2D eigenvalue weighted by Crippen LogP contribution is -2.39. The molecule has 92 valence electrons. The second kappa shape index (κ2) is 5.19.